The molecule has 1 aromatic heterocycles. The minimum absolute atomic E-state index is 0.400. The van der Waals surface area contributed by atoms with Crippen LogP contribution in [0, 0.1) is 6.92 Å². The lowest BCUT2D eigenvalue weighted by molar-refractivity contribution is -0.128. The van der Waals surface area contributed by atoms with Crippen molar-refractivity contribution in [3.05, 3.63) is 89.5 Å². The third-order valence-electron chi connectivity index (χ3n) is 4.93. The van der Waals surface area contributed by atoms with Crippen LogP contribution in [0.5, 0.6) is 5.75 Å². The SMILES string of the molecule is Cc1cccc(O[C@H](C)C(=O)NNC(=O)c2ccc(CSc3nc4ccccc4[nH]3)cc2)c1. The van der Waals surface area contributed by atoms with E-state index in [1.54, 1.807) is 36.9 Å². The van der Waals surface area contributed by atoms with Crippen molar-refractivity contribution in [1.82, 2.24) is 20.8 Å². The number of aromatic nitrogens is 2. The summed E-state index contributed by atoms with van der Waals surface area (Å²) in [5.41, 5.74) is 9.32. The molecule has 2 amide bonds. The smallest absolute Gasteiger partial charge is 0.279 e. The molecule has 0 fully saturated rings. The van der Waals surface area contributed by atoms with Gasteiger partial charge in [0.25, 0.3) is 11.8 Å². The second-order valence-electron chi connectivity index (χ2n) is 7.56. The van der Waals surface area contributed by atoms with Gasteiger partial charge in [-0.2, -0.15) is 0 Å². The molecule has 0 saturated heterocycles. The molecule has 33 heavy (non-hydrogen) atoms. The second kappa shape index (κ2) is 10.2. The number of imidazole rings is 1. The van der Waals surface area contributed by atoms with Gasteiger partial charge in [-0.25, -0.2) is 4.98 Å². The molecule has 0 aliphatic heterocycles. The van der Waals surface area contributed by atoms with Crippen molar-refractivity contribution in [2.24, 2.45) is 0 Å². The zero-order chi connectivity index (χ0) is 23.2. The van der Waals surface area contributed by atoms with Gasteiger partial charge in [0.1, 0.15) is 5.75 Å². The molecule has 0 aliphatic rings. The minimum atomic E-state index is -0.759. The van der Waals surface area contributed by atoms with Gasteiger partial charge >= 0.3 is 0 Å². The van der Waals surface area contributed by atoms with E-state index in [0.717, 1.165) is 27.3 Å². The molecule has 4 aromatic rings. The first-order chi connectivity index (χ1) is 16.0. The summed E-state index contributed by atoms with van der Waals surface area (Å²) < 4.78 is 5.62. The van der Waals surface area contributed by atoms with E-state index in [1.807, 2.05) is 61.5 Å². The molecule has 0 unspecified atom stereocenters. The largest absolute Gasteiger partial charge is 0.481 e. The Kier molecular flexibility index (Phi) is 6.95. The predicted molar refractivity (Wildman–Crippen MR) is 129 cm³/mol. The highest BCUT2D eigenvalue weighted by atomic mass is 32.2. The third kappa shape index (κ3) is 5.93. The molecule has 0 radical (unpaired) electrons. The van der Waals surface area contributed by atoms with Crippen LogP contribution < -0.4 is 15.6 Å². The molecule has 1 atom stereocenters. The predicted octanol–water partition coefficient (Wildman–Crippen LogP) is 4.39. The van der Waals surface area contributed by atoms with Crippen LogP contribution in [0.3, 0.4) is 0 Å². The molecule has 3 aromatic carbocycles. The minimum Gasteiger partial charge on any atom is -0.481 e. The number of H-pyrrole nitrogens is 1. The first-order valence-electron chi connectivity index (χ1n) is 10.5. The molecule has 0 aliphatic carbocycles. The number of hydrazine groups is 1. The van der Waals surface area contributed by atoms with E-state index < -0.39 is 17.9 Å². The summed E-state index contributed by atoms with van der Waals surface area (Å²) in [7, 11) is 0. The van der Waals surface area contributed by atoms with Crippen LogP contribution in [-0.2, 0) is 10.5 Å². The lowest BCUT2D eigenvalue weighted by atomic mass is 10.1. The normalized spacial score (nSPS) is 11.7. The fraction of sp³-hybridized carbons (Fsp3) is 0.160. The highest BCUT2D eigenvalue weighted by Gasteiger charge is 2.16. The average Bonchev–Trinajstić information content (AvgIpc) is 3.24. The lowest BCUT2D eigenvalue weighted by Crippen LogP contribution is -2.47. The third-order valence-corrected chi connectivity index (χ3v) is 5.87. The number of aryl methyl sites for hydroxylation is 1. The molecular weight excluding hydrogens is 436 g/mol. The zero-order valence-electron chi connectivity index (χ0n) is 18.3. The monoisotopic (exact) mass is 460 g/mol. The van der Waals surface area contributed by atoms with Gasteiger partial charge in [0, 0.05) is 11.3 Å². The maximum Gasteiger partial charge on any atom is 0.279 e. The van der Waals surface area contributed by atoms with Gasteiger partial charge in [0.15, 0.2) is 11.3 Å². The molecule has 1 heterocycles. The van der Waals surface area contributed by atoms with Crippen molar-refractivity contribution < 1.29 is 14.3 Å². The molecule has 8 heteroatoms. The molecule has 3 N–H and O–H groups in total. The number of nitrogens with zero attached hydrogens (tertiary/aromatic N) is 1. The van der Waals surface area contributed by atoms with Gasteiger partial charge < -0.3 is 9.72 Å². The average molecular weight is 461 g/mol. The Hall–Kier alpha value is -3.78. The summed E-state index contributed by atoms with van der Waals surface area (Å²) >= 11 is 1.59. The Bertz CT molecular complexity index is 1240. The molecule has 0 bridgehead atoms. The topological polar surface area (TPSA) is 96.1 Å². The van der Waals surface area contributed by atoms with Gasteiger partial charge in [-0.05, 0) is 61.4 Å². The maximum absolute atomic E-state index is 12.4. The van der Waals surface area contributed by atoms with Gasteiger partial charge in [-0.1, -0.05) is 48.2 Å². The number of carbonyl (C=O) groups is 2. The van der Waals surface area contributed by atoms with Gasteiger partial charge in [-0.3, -0.25) is 20.4 Å². The summed E-state index contributed by atoms with van der Waals surface area (Å²) in [5.74, 6) is 0.470. The molecule has 0 spiro atoms. The molecule has 7 nitrogen and oxygen atoms in total. The van der Waals surface area contributed by atoms with Crippen LogP contribution in [0.1, 0.15) is 28.4 Å². The summed E-state index contributed by atoms with van der Waals surface area (Å²) in [5, 5.41) is 0.850. The Morgan fingerprint density at radius 1 is 1.03 bits per heavy atom. The standard InChI is InChI=1S/C25H24N4O3S/c1-16-6-5-7-20(14-16)32-17(2)23(30)28-29-24(31)19-12-10-18(11-13-19)15-33-25-26-21-8-3-4-9-22(21)27-25/h3-14,17H,15H2,1-2H3,(H,26,27)(H,28,30)(H,29,31)/t17-/m1/s1. The van der Waals surface area contributed by atoms with Gasteiger partial charge in [0.05, 0.1) is 11.0 Å². The Morgan fingerprint density at radius 3 is 2.58 bits per heavy atom. The van der Waals surface area contributed by atoms with Crippen molar-refractivity contribution in [3.63, 3.8) is 0 Å². The van der Waals surface area contributed by atoms with Crippen molar-refractivity contribution in [2.75, 3.05) is 0 Å². The highest BCUT2D eigenvalue weighted by molar-refractivity contribution is 7.98. The van der Waals surface area contributed by atoms with Crippen LogP contribution in [-0.4, -0.2) is 27.9 Å². The quantitative estimate of drug-likeness (QED) is 0.281. The van der Waals surface area contributed by atoms with E-state index in [2.05, 4.69) is 20.8 Å². The van der Waals surface area contributed by atoms with Crippen LogP contribution in [0.4, 0.5) is 0 Å². The second-order valence-corrected chi connectivity index (χ2v) is 8.53. The summed E-state index contributed by atoms with van der Waals surface area (Å²) in [6.45, 7) is 3.57. The maximum atomic E-state index is 12.4. The van der Waals surface area contributed by atoms with Crippen LogP contribution in [0.25, 0.3) is 11.0 Å². The summed E-state index contributed by atoms with van der Waals surface area (Å²) in [6.07, 6.45) is -0.759. The molecular formula is C25H24N4O3S. The number of hydrogen-bond donors (Lipinski definition) is 3. The van der Waals surface area contributed by atoms with Crippen molar-refractivity contribution in [3.8, 4) is 5.75 Å². The fourth-order valence-electron chi connectivity index (χ4n) is 3.14. The first kappa shape index (κ1) is 22.4. The number of hydrogen-bond acceptors (Lipinski definition) is 5. The fourth-order valence-corrected chi connectivity index (χ4v) is 3.98. The Morgan fingerprint density at radius 2 is 1.82 bits per heavy atom. The molecule has 0 saturated carbocycles. The Labute approximate surface area is 195 Å². The van der Waals surface area contributed by atoms with E-state index >= 15 is 0 Å². The molecule has 168 valence electrons. The zero-order valence-corrected chi connectivity index (χ0v) is 19.1. The number of nitrogens with one attached hydrogen (secondary N) is 3. The Balaban J connectivity index is 1.25. The van der Waals surface area contributed by atoms with Gasteiger partial charge in [0.2, 0.25) is 0 Å². The molecule has 4 rings (SSSR count). The van der Waals surface area contributed by atoms with Crippen LogP contribution in [0.2, 0.25) is 0 Å². The summed E-state index contributed by atoms with van der Waals surface area (Å²) in [6, 6.07) is 22.5. The number of ether oxygens (including phenoxy) is 1. The number of carbonyl (C=O) groups excluding carboxylic acids is 2. The number of amides is 2. The van der Waals surface area contributed by atoms with Gasteiger partial charge in [-0.15, -0.1) is 0 Å². The number of aromatic amines is 1. The van der Waals surface area contributed by atoms with E-state index in [4.69, 9.17) is 4.74 Å². The van der Waals surface area contributed by atoms with Crippen molar-refractivity contribution in [1.29, 1.82) is 0 Å². The number of thioether (sulfide) groups is 1. The van der Waals surface area contributed by atoms with E-state index in [-0.39, 0.29) is 0 Å². The first-order valence-corrected chi connectivity index (χ1v) is 11.5. The van der Waals surface area contributed by atoms with Crippen LogP contribution in [0.15, 0.2) is 78.0 Å². The highest BCUT2D eigenvalue weighted by Crippen LogP contribution is 2.23. The van der Waals surface area contributed by atoms with Crippen LogP contribution >= 0.6 is 11.8 Å². The van der Waals surface area contributed by atoms with E-state index in [9.17, 15) is 9.59 Å². The van der Waals surface area contributed by atoms with E-state index in [1.165, 1.54) is 0 Å². The van der Waals surface area contributed by atoms with Crippen molar-refractivity contribution in [2.45, 2.75) is 30.9 Å². The number of fused-ring (bicyclic) bond motifs is 1. The van der Waals surface area contributed by atoms with E-state index in [0.29, 0.717) is 17.1 Å². The number of benzene rings is 3. The lowest BCUT2D eigenvalue weighted by Gasteiger charge is -2.15. The van der Waals surface area contributed by atoms with Crippen molar-refractivity contribution >= 4 is 34.6 Å². The summed E-state index contributed by atoms with van der Waals surface area (Å²) in [4.78, 5) is 32.5. The number of rotatable bonds is 7. The number of para-hydroxylation sites is 2.